The lowest BCUT2D eigenvalue weighted by atomic mass is 10.0. The summed E-state index contributed by atoms with van der Waals surface area (Å²) in [6.07, 6.45) is 1.01. The van der Waals surface area contributed by atoms with E-state index in [1.165, 1.54) is 0 Å². The molecule has 0 rings (SSSR count). The van der Waals surface area contributed by atoms with Crippen LogP contribution in [0.5, 0.6) is 0 Å². The highest BCUT2D eigenvalue weighted by molar-refractivity contribution is 6.31. The number of hydrogen-bond acceptors (Lipinski definition) is 2. The van der Waals surface area contributed by atoms with E-state index in [1.54, 1.807) is 6.92 Å². The molecule has 80 valence electrons. The Balaban J connectivity index is 4.22. The second-order valence-electron chi connectivity index (χ2n) is 2.81. The number of esters is 1. The largest absolute Gasteiger partial charge is 0.465 e. The molecule has 0 radical (unpaired) electrons. The van der Waals surface area contributed by atoms with E-state index in [1.807, 2.05) is 0 Å². The first kappa shape index (κ1) is 13.5. The standard InChI is InChI=1S/C10H14Cl2O2/c1-4-14-10(13)9(8(3)12)6-5-7(2)11/h9H,2-6H2,1H3. The van der Waals surface area contributed by atoms with Gasteiger partial charge < -0.3 is 4.74 Å². The van der Waals surface area contributed by atoms with Gasteiger partial charge >= 0.3 is 5.97 Å². The van der Waals surface area contributed by atoms with E-state index in [-0.39, 0.29) is 11.0 Å². The third-order valence-electron chi connectivity index (χ3n) is 1.65. The summed E-state index contributed by atoms with van der Waals surface area (Å²) in [6, 6.07) is 0. The number of rotatable bonds is 6. The van der Waals surface area contributed by atoms with Crippen LogP contribution in [-0.4, -0.2) is 12.6 Å². The van der Waals surface area contributed by atoms with Gasteiger partial charge in [-0.05, 0) is 19.8 Å². The molecule has 0 spiro atoms. The van der Waals surface area contributed by atoms with Crippen LogP contribution < -0.4 is 0 Å². The van der Waals surface area contributed by atoms with Crippen molar-refractivity contribution in [1.29, 1.82) is 0 Å². The Labute approximate surface area is 94.5 Å². The lowest BCUT2D eigenvalue weighted by Crippen LogP contribution is -2.17. The molecule has 0 aromatic rings. The van der Waals surface area contributed by atoms with Crippen molar-refractivity contribution in [3.8, 4) is 0 Å². The number of carbonyl (C=O) groups excluding carboxylic acids is 1. The predicted molar refractivity (Wildman–Crippen MR) is 59.3 cm³/mol. The molecule has 14 heavy (non-hydrogen) atoms. The molecule has 0 saturated heterocycles. The van der Waals surface area contributed by atoms with Crippen molar-refractivity contribution in [2.24, 2.45) is 5.92 Å². The normalized spacial score (nSPS) is 11.9. The highest BCUT2D eigenvalue weighted by Crippen LogP contribution is 2.23. The van der Waals surface area contributed by atoms with Crippen molar-refractivity contribution in [2.45, 2.75) is 19.8 Å². The van der Waals surface area contributed by atoms with Gasteiger partial charge in [0.25, 0.3) is 0 Å². The van der Waals surface area contributed by atoms with Gasteiger partial charge in [-0.25, -0.2) is 0 Å². The van der Waals surface area contributed by atoms with E-state index in [9.17, 15) is 4.79 Å². The molecule has 0 bridgehead atoms. The molecule has 4 heteroatoms. The van der Waals surface area contributed by atoms with Crippen LogP contribution in [0.25, 0.3) is 0 Å². The van der Waals surface area contributed by atoms with E-state index in [2.05, 4.69) is 13.2 Å². The molecule has 0 aromatic carbocycles. The Morgan fingerprint density at radius 3 is 2.36 bits per heavy atom. The molecular weight excluding hydrogens is 223 g/mol. The molecule has 0 aliphatic carbocycles. The molecular formula is C10H14Cl2O2. The summed E-state index contributed by atoms with van der Waals surface area (Å²) in [6.45, 7) is 9.14. The predicted octanol–water partition coefficient (Wildman–Crippen LogP) is 3.45. The topological polar surface area (TPSA) is 26.3 Å². The van der Waals surface area contributed by atoms with E-state index in [4.69, 9.17) is 27.9 Å². The minimum atomic E-state index is -0.493. The van der Waals surface area contributed by atoms with Gasteiger partial charge in [0.1, 0.15) is 0 Å². The minimum Gasteiger partial charge on any atom is -0.465 e. The maximum absolute atomic E-state index is 11.4. The van der Waals surface area contributed by atoms with E-state index >= 15 is 0 Å². The zero-order valence-corrected chi connectivity index (χ0v) is 9.70. The van der Waals surface area contributed by atoms with Crippen molar-refractivity contribution in [3.05, 3.63) is 23.2 Å². The maximum atomic E-state index is 11.4. The smallest absolute Gasteiger partial charge is 0.314 e. The van der Waals surface area contributed by atoms with Crippen molar-refractivity contribution in [3.63, 3.8) is 0 Å². The average Bonchev–Trinajstić information content (AvgIpc) is 2.03. The third-order valence-corrected chi connectivity index (χ3v) is 2.11. The van der Waals surface area contributed by atoms with E-state index in [0.29, 0.717) is 24.5 Å². The van der Waals surface area contributed by atoms with Crippen LogP contribution in [0.3, 0.4) is 0 Å². The van der Waals surface area contributed by atoms with Gasteiger partial charge in [0.15, 0.2) is 0 Å². The van der Waals surface area contributed by atoms with Crippen LogP contribution in [0.1, 0.15) is 19.8 Å². The second-order valence-corrected chi connectivity index (χ2v) is 3.83. The van der Waals surface area contributed by atoms with Crippen LogP contribution >= 0.6 is 23.2 Å². The van der Waals surface area contributed by atoms with Crippen molar-refractivity contribution < 1.29 is 9.53 Å². The second kappa shape index (κ2) is 6.91. The van der Waals surface area contributed by atoms with Crippen LogP contribution in [0.15, 0.2) is 23.2 Å². The summed E-state index contributed by atoms with van der Waals surface area (Å²) in [5.74, 6) is -0.850. The first-order valence-electron chi connectivity index (χ1n) is 4.33. The fourth-order valence-electron chi connectivity index (χ4n) is 0.946. The summed E-state index contributed by atoms with van der Waals surface area (Å²) >= 11 is 11.3. The summed E-state index contributed by atoms with van der Waals surface area (Å²) in [5.41, 5.74) is 0. The average molecular weight is 237 g/mol. The quantitative estimate of drug-likeness (QED) is 0.661. The van der Waals surface area contributed by atoms with Gasteiger partial charge in [-0.15, -0.1) is 0 Å². The number of carbonyl (C=O) groups is 1. The van der Waals surface area contributed by atoms with Crippen LogP contribution in [-0.2, 0) is 9.53 Å². The van der Waals surface area contributed by atoms with Crippen LogP contribution in [0.4, 0.5) is 0 Å². The van der Waals surface area contributed by atoms with Gasteiger partial charge in [-0.1, -0.05) is 36.4 Å². The van der Waals surface area contributed by atoms with Crippen LogP contribution in [0.2, 0.25) is 0 Å². The van der Waals surface area contributed by atoms with Crippen molar-refractivity contribution in [1.82, 2.24) is 0 Å². The molecule has 1 unspecified atom stereocenters. The molecule has 0 aliphatic rings. The third kappa shape index (κ3) is 5.30. The molecule has 0 aliphatic heterocycles. The first-order chi connectivity index (χ1) is 6.49. The summed E-state index contributed by atoms with van der Waals surface area (Å²) in [7, 11) is 0. The van der Waals surface area contributed by atoms with Crippen molar-refractivity contribution >= 4 is 29.2 Å². The molecule has 0 saturated carbocycles. The molecule has 0 aromatic heterocycles. The molecule has 0 heterocycles. The maximum Gasteiger partial charge on any atom is 0.314 e. The lowest BCUT2D eigenvalue weighted by Gasteiger charge is -2.13. The number of allylic oxidation sites excluding steroid dienone is 1. The number of hydrogen-bond donors (Lipinski definition) is 0. The SMILES string of the molecule is C=C(Cl)CCC(C(=C)Cl)C(=O)OCC. The van der Waals surface area contributed by atoms with Crippen LogP contribution in [0, 0.1) is 5.92 Å². The molecule has 1 atom stereocenters. The van der Waals surface area contributed by atoms with Crippen molar-refractivity contribution in [2.75, 3.05) is 6.61 Å². The Kier molecular flexibility index (Phi) is 6.67. The van der Waals surface area contributed by atoms with E-state index < -0.39 is 5.92 Å². The Morgan fingerprint density at radius 1 is 1.43 bits per heavy atom. The Hall–Kier alpha value is -0.470. The van der Waals surface area contributed by atoms with Gasteiger partial charge in [0.05, 0.1) is 12.5 Å². The lowest BCUT2D eigenvalue weighted by molar-refractivity contribution is -0.146. The number of ether oxygens (including phenoxy) is 1. The number of halogens is 2. The summed E-state index contributed by atoms with van der Waals surface area (Å²) in [4.78, 5) is 11.4. The zero-order chi connectivity index (χ0) is 11.1. The molecule has 2 nitrogen and oxygen atoms in total. The first-order valence-corrected chi connectivity index (χ1v) is 5.08. The zero-order valence-electron chi connectivity index (χ0n) is 8.19. The fraction of sp³-hybridized carbons (Fsp3) is 0.500. The molecule has 0 amide bonds. The minimum absolute atomic E-state index is 0.279. The highest BCUT2D eigenvalue weighted by Gasteiger charge is 2.21. The molecule has 0 fully saturated rings. The molecule has 0 N–H and O–H groups in total. The van der Waals surface area contributed by atoms with Gasteiger partial charge in [0.2, 0.25) is 0 Å². The fourth-order valence-corrected chi connectivity index (χ4v) is 1.25. The monoisotopic (exact) mass is 236 g/mol. The van der Waals surface area contributed by atoms with Gasteiger partial charge in [-0.3, -0.25) is 4.79 Å². The van der Waals surface area contributed by atoms with Gasteiger partial charge in [0, 0.05) is 10.1 Å². The van der Waals surface area contributed by atoms with E-state index in [0.717, 1.165) is 0 Å². The Morgan fingerprint density at radius 2 is 2.00 bits per heavy atom. The highest BCUT2D eigenvalue weighted by atomic mass is 35.5. The summed E-state index contributed by atoms with van der Waals surface area (Å²) < 4.78 is 4.84. The van der Waals surface area contributed by atoms with Gasteiger partial charge in [-0.2, -0.15) is 0 Å². The Bertz CT molecular complexity index is 236. The summed E-state index contributed by atoms with van der Waals surface area (Å²) in [5, 5.41) is 0.776.